The normalized spacial score (nSPS) is 19.7. The second kappa shape index (κ2) is 4.17. The molecule has 3 heterocycles. The molecule has 5 nitrogen and oxygen atoms in total. The predicted molar refractivity (Wildman–Crippen MR) is 64.9 cm³/mol. The van der Waals surface area contributed by atoms with Crippen molar-refractivity contribution in [3.05, 3.63) is 23.6 Å². The molecule has 1 aliphatic heterocycles. The first-order chi connectivity index (χ1) is 8.65. The number of rotatable bonds is 3. The van der Waals surface area contributed by atoms with Gasteiger partial charge in [-0.25, -0.2) is 4.79 Å². The van der Waals surface area contributed by atoms with Gasteiger partial charge in [-0.2, -0.15) is 0 Å². The molecule has 0 amide bonds. The first kappa shape index (κ1) is 11.3. The maximum absolute atomic E-state index is 11.2. The maximum Gasteiger partial charge on any atom is 0.352 e. The van der Waals surface area contributed by atoms with Crippen molar-refractivity contribution in [3.8, 4) is 0 Å². The van der Waals surface area contributed by atoms with Gasteiger partial charge in [-0.05, 0) is 19.8 Å². The molecule has 96 valence electrons. The smallest absolute Gasteiger partial charge is 0.352 e. The molecule has 0 unspecified atom stereocenters. The third-order valence-corrected chi connectivity index (χ3v) is 3.34. The summed E-state index contributed by atoms with van der Waals surface area (Å²) in [5.74, 6) is -0.143. The SMILES string of the molecule is Cc1cc2c(cc(C(=O)O)n2C[C@H]2CCCO2)o1. The zero-order chi connectivity index (χ0) is 12.7. The van der Waals surface area contributed by atoms with E-state index in [2.05, 4.69) is 0 Å². The van der Waals surface area contributed by atoms with E-state index in [9.17, 15) is 9.90 Å². The quantitative estimate of drug-likeness (QED) is 0.907. The lowest BCUT2D eigenvalue weighted by Crippen LogP contribution is -2.18. The van der Waals surface area contributed by atoms with E-state index in [1.807, 2.05) is 13.0 Å². The molecule has 2 aromatic heterocycles. The fourth-order valence-electron chi connectivity index (χ4n) is 2.53. The van der Waals surface area contributed by atoms with Crippen LogP contribution in [0, 0.1) is 6.92 Å². The van der Waals surface area contributed by atoms with Gasteiger partial charge in [-0.1, -0.05) is 0 Å². The zero-order valence-corrected chi connectivity index (χ0v) is 10.2. The average Bonchev–Trinajstić information content (AvgIpc) is 2.96. The van der Waals surface area contributed by atoms with Crippen molar-refractivity contribution >= 4 is 17.1 Å². The van der Waals surface area contributed by atoms with Crippen LogP contribution in [0.25, 0.3) is 11.1 Å². The van der Waals surface area contributed by atoms with Gasteiger partial charge in [0.15, 0.2) is 5.58 Å². The summed E-state index contributed by atoms with van der Waals surface area (Å²) in [6.45, 7) is 3.20. The van der Waals surface area contributed by atoms with Gasteiger partial charge in [0.2, 0.25) is 0 Å². The summed E-state index contributed by atoms with van der Waals surface area (Å²) in [4.78, 5) is 11.2. The van der Waals surface area contributed by atoms with Crippen LogP contribution >= 0.6 is 0 Å². The summed E-state index contributed by atoms with van der Waals surface area (Å²) in [6, 6.07) is 3.45. The minimum Gasteiger partial charge on any atom is -0.477 e. The lowest BCUT2D eigenvalue weighted by Gasteiger charge is -2.12. The van der Waals surface area contributed by atoms with Crippen molar-refractivity contribution in [2.45, 2.75) is 32.4 Å². The Kier molecular flexibility index (Phi) is 2.63. The molecule has 0 saturated carbocycles. The van der Waals surface area contributed by atoms with Gasteiger partial charge in [0, 0.05) is 25.3 Å². The molecule has 0 spiro atoms. The molecular formula is C13H15NO4. The van der Waals surface area contributed by atoms with Crippen molar-refractivity contribution in [1.29, 1.82) is 0 Å². The molecule has 5 heteroatoms. The van der Waals surface area contributed by atoms with Crippen molar-refractivity contribution in [2.75, 3.05) is 6.61 Å². The predicted octanol–water partition coefficient (Wildman–Crippen LogP) is 2.42. The first-order valence-corrected chi connectivity index (χ1v) is 6.09. The number of hydrogen-bond donors (Lipinski definition) is 1. The fourth-order valence-corrected chi connectivity index (χ4v) is 2.53. The van der Waals surface area contributed by atoms with E-state index < -0.39 is 5.97 Å². The Morgan fingerprint density at radius 3 is 3.06 bits per heavy atom. The molecule has 0 aliphatic carbocycles. The second-order valence-electron chi connectivity index (χ2n) is 4.69. The minimum atomic E-state index is -0.933. The van der Waals surface area contributed by atoms with Crippen LogP contribution in [-0.4, -0.2) is 28.4 Å². The molecule has 1 N–H and O–H groups in total. The van der Waals surface area contributed by atoms with E-state index in [1.165, 1.54) is 0 Å². The Balaban J connectivity index is 2.04. The van der Waals surface area contributed by atoms with Crippen LogP contribution in [0.3, 0.4) is 0 Å². The van der Waals surface area contributed by atoms with E-state index in [0.29, 0.717) is 12.1 Å². The molecule has 18 heavy (non-hydrogen) atoms. The average molecular weight is 249 g/mol. The van der Waals surface area contributed by atoms with Crippen LogP contribution in [0.15, 0.2) is 16.5 Å². The molecule has 1 aliphatic rings. The Hall–Kier alpha value is -1.75. The third kappa shape index (κ3) is 1.80. The van der Waals surface area contributed by atoms with Crippen LogP contribution in [-0.2, 0) is 11.3 Å². The summed E-state index contributed by atoms with van der Waals surface area (Å²) in [6.07, 6.45) is 2.13. The third-order valence-electron chi connectivity index (χ3n) is 3.34. The lowest BCUT2D eigenvalue weighted by molar-refractivity contribution is 0.0672. The number of carbonyl (C=O) groups is 1. The van der Waals surface area contributed by atoms with Crippen LogP contribution in [0.1, 0.15) is 29.1 Å². The van der Waals surface area contributed by atoms with Crippen molar-refractivity contribution in [1.82, 2.24) is 4.57 Å². The van der Waals surface area contributed by atoms with Gasteiger partial charge in [-0.3, -0.25) is 0 Å². The number of carboxylic acid groups (broad SMARTS) is 1. The number of furan rings is 1. The van der Waals surface area contributed by atoms with E-state index in [4.69, 9.17) is 9.15 Å². The lowest BCUT2D eigenvalue weighted by atomic mass is 10.2. The molecule has 0 radical (unpaired) electrons. The monoisotopic (exact) mass is 249 g/mol. The Bertz CT molecular complexity index is 589. The number of aromatic carboxylic acids is 1. The molecule has 0 bridgehead atoms. The van der Waals surface area contributed by atoms with Gasteiger partial charge in [0.05, 0.1) is 11.6 Å². The molecule has 1 atom stereocenters. The molecule has 2 aromatic rings. The topological polar surface area (TPSA) is 64.6 Å². The van der Waals surface area contributed by atoms with Gasteiger partial charge in [-0.15, -0.1) is 0 Å². The fraction of sp³-hybridized carbons (Fsp3) is 0.462. The summed E-state index contributed by atoms with van der Waals surface area (Å²) in [5.41, 5.74) is 1.72. The van der Waals surface area contributed by atoms with E-state index >= 15 is 0 Å². The highest BCUT2D eigenvalue weighted by Crippen LogP contribution is 2.26. The molecular weight excluding hydrogens is 234 g/mol. The highest BCUT2D eigenvalue weighted by molar-refractivity contribution is 5.92. The number of ether oxygens (including phenoxy) is 1. The Morgan fingerprint density at radius 1 is 1.56 bits per heavy atom. The number of carboxylic acids is 1. The molecule has 1 fully saturated rings. The Labute approximate surface area is 104 Å². The van der Waals surface area contributed by atoms with Crippen molar-refractivity contribution in [2.24, 2.45) is 0 Å². The number of aromatic nitrogens is 1. The van der Waals surface area contributed by atoms with E-state index in [0.717, 1.165) is 30.7 Å². The van der Waals surface area contributed by atoms with Crippen LogP contribution < -0.4 is 0 Å². The van der Waals surface area contributed by atoms with Gasteiger partial charge >= 0.3 is 5.97 Å². The zero-order valence-electron chi connectivity index (χ0n) is 10.2. The number of fused-ring (bicyclic) bond motifs is 1. The largest absolute Gasteiger partial charge is 0.477 e. The van der Waals surface area contributed by atoms with Crippen LogP contribution in [0.2, 0.25) is 0 Å². The summed E-state index contributed by atoms with van der Waals surface area (Å²) in [7, 11) is 0. The highest BCUT2D eigenvalue weighted by atomic mass is 16.5. The minimum absolute atomic E-state index is 0.105. The van der Waals surface area contributed by atoms with Gasteiger partial charge in [0.1, 0.15) is 11.5 Å². The second-order valence-corrected chi connectivity index (χ2v) is 4.69. The van der Waals surface area contributed by atoms with Crippen LogP contribution in [0.5, 0.6) is 0 Å². The van der Waals surface area contributed by atoms with E-state index in [1.54, 1.807) is 10.6 Å². The van der Waals surface area contributed by atoms with Crippen molar-refractivity contribution < 1.29 is 19.1 Å². The summed E-state index contributed by atoms with van der Waals surface area (Å²) < 4.78 is 12.8. The number of hydrogen-bond acceptors (Lipinski definition) is 3. The van der Waals surface area contributed by atoms with Crippen LogP contribution in [0.4, 0.5) is 0 Å². The molecule has 1 saturated heterocycles. The first-order valence-electron chi connectivity index (χ1n) is 6.09. The molecule has 0 aromatic carbocycles. The molecule has 3 rings (SSSR count). The summed E-state index contributed by atoms with van der Waals surface area (Å²) in [5, 5.41) is 9.22. The highest BCUT2D eigenvalue weighted by Gasteiger charge is 2.22. The summed E-state index contributed by atoms with van der Waals surface area (Å²) >= 11 is 0. The number of aryl methyl sites for hydroxylation is 1. The standard InChI is InChI=1S/C13H15NO4/c1-8-5-10-12(18-8)6-11(13(15)16)14(10)7-9-3-2-4-17-9/h5-6,9H,2-4,7H2,1H3,(H,15,16)/t9-/m1/s1. The number of nitrogens with zero attached hydrogens (tertiary/aromatic N) is 1. The van der Waals surface area contributed by atoms with Gasteiger partial charge < -0.3 is 18.8 Å². The maximum atomic E-state index is 11.2. The van der Waals surface area contributed by atoms with Gasteiger partial charge in [0.25, 0.3) is 0 Å². The van der Waals surface area contributed by atoms with E-state index in [-0.39, 0.29) is 11.8 Å². The Morgan fingerprint density at radius 2 is 2.39 bits per heavy atom. The van der Waals surface area contributed by atoms with Crippen molar-refractivity contribution in [3.63, 3.8) is 0 Å².